The van der Waals surface area contributed by atoms with E-state index in [1.54, 1.807) is 0 Å². The number of aromatic carboxylic acids is 1. The molecule has 316 valence electrons. The number of rotatable bonds is 16. The molecule has 2 heterocycles. The lowest BCUT2D eigenvalue weighted by Crippen LogP contribution is -2.38. The van der Waals surface area contributed by atoms with E-state index in [1.807, 2.05) is 0 Å². The minimum Gasteiger partial charge on any atom is -0.748 e. The van der Waals surface area contributed by atoms with Gasteiger partial charge in [0.05, 0.1) is 43.3 Å². The average Bonchev–Trinajstić information content (AvgIpc) is 3.41. The number of carboxylic acids is 1. The number of carboxylic acid groups (broad SMARTS) is 1. The number of nitrogens with zero attached hydrogens (tertiary/aromatic N) is 2. The normalized spacial score (nSPS) is 21.0. The van der Waals surface area contributed by atoms with Gasteiger partial charge in [0.25, 0.3) is 40.5 Å². The molecule has 2 atom stereocenters. The Kier molecular flexibility index (Phi) is 12.0. The number of hydrogen-bond donors (Lipinski definition) is 5. The Morgan fingerprint density at radius 3 is 1.98 bits per heavy atom. The number of hydrogen-bond acceptors (Lipinski definition) is 13. The van der Waals surface area contributed by atoms with E-state index in [-0.39, 0.29) is 70.8 Å². The predicted molar refractivity (Wildman–Crippen MR) is 209 cm³/mol. The second-order valence-corrected chi connectivity index (χ2v) is 21.7. The molecular formula is C34H38N2O17S5. The zero-order chi connectivity index (χ0) is 43.4. The fourth-order valence-electron chi connectivity index (χ4n) is 7.82. The summed E-state index contributed by atoms with van der Waals surface area (Å²) in [4.78, 5) is 12.8. The van der Waals surface area contributed by atoms with Crippen LogP contribution in [0.3, 0.4) is 0 Å². The van der Waals surface area contributed by atoms with Crippen LogP contribution in [0.1, 0.15) is 48.2 Å². The first-order chi connectivity index (χ1) is 26.4. The van der Waals surface area contributed by atoms with E-state index in [9.17, 15) is 74.8 Å². The highest BCUT2D eigenvalue weighted by molar-refractivity contribution is 7.86. The van der Waals surface area contributed by atoms with Gasteiger partial charge in [-0.05, 0) is 73.0 Å². The molecular weight excluding hydrogens is 869 g/mol. The van der Waals surface area contributed by atoms with Gasteiger partial charge in [-0.1, -0.05) is 18.2 Å². The molecule has 2 aliphatic heterocycles. The van der Waals surface area contributed by atoms with E-state index >= 15 is 0 Å². The van der Waals surface area contributed by atoms with Crippen LogP contribution < -0.4 is 4.90 Å². The van der Waals surface area contributed by atoms with Crippen molar-refractivity contribution in [2.75, 3.05) is 41.0 Å². The van der Waals surface area contributed by atoms with Gasteiger partial charge in [0.1, 0.15) is 12.0 Å². The molecule has 0 aromatic heterocycles. The number of benzene rings is 3. The summed E-state index contributed by atoms with van der Waals surface area (Å²) in [5.74, 6) is -4.96. The molecule has 0 amide bonds. The zero-order valence-electron chi connectivity index (χ0n) is 30.6. The van der Waals surface area contributed by atoms with Gasteiger partial charge >= 0.3 is 5.97 Å². The van der Waals surface area contributed by atoms with E-state index in [4.69, 9.17) is 0 Å². The first-order valence-electron chi connectivity index (χ1n) is 17.0. The summed E-state index contributed by atoms with van der Waals surface area (Å²) in [7, 11) is -23.7. The van der Waals surface area contributed by atoms with Gasteiger partial charge in [-0.2, -0.15) is 38.2 Å². The molecule has 2 aliphatic rings. The third-order valence-corrected chi connectivity index (χ3v) is 14.3. The molecule has 0 spiro atoms. The van der Waals surface area contributed by atoms with Gasteiger partial charge in [0.15, 0.2) is 5.71 Å². The predicted octanol–water partition coefficient (Wildman–Crippen LogP) is 2.35. The lowest BCUT2D eigenvalue weighted by Gasteiger charge is -2.29. The van der Waals surface area contributed by atoms with Crippen LogP contribution in [0.4, 0.5) is 11.4 Å². The minimum atomic E-state index is -4.90. The Morgan fingerprint density at radius 2 is 1.41 bits per heavy atom. The highest BCUT2D eigenvalue weighted by Gasteiger charge is 2.52. The molecule has 58 heavy (non-hydrogen) atoms. The van der Waals surface area contributed by atoms with Gasteiger partial charge in [-0.25, -0.2) is 13.2 Å². The Balaban J connectivity index is 1.79. The molecule has 0 saturated heterocycles. The van der Waals surface area contributed by atoms with Crippen LogP contribution in [0.15, 0.2) is 77.4 Å². The summed E-state index contributed by atoms with van der Waals surface area (Å²) in [6.07, 6.45) is 3.41. The Hall–Kier alpha value is -4.11. The summed E-state index contributed by atoms with van der Waals surface area (Å²) in [6, 6.07) is 10.3. The second kappa shape index (κ2) is 15.5. The van der Waals surface area contributed by atoms with Crippen LogP contribution in [0.5, 0.6) is 0 Å². The van der Waals surface area contributed by atoms with Crippen molar-refractivity contribution in [1.29, 1.82) is 0 Å². The molecule has 5 N–H and O–H groups in total. The molecule has 5 rings (SSSR count). The van der Waals surface area contributed by atoms with E-state index in [1.165, 1.54) is 77.9 Å². The number of fused-ring (bicyclic) bond motifs is 4. The number of allylic oxidation sites excluding steroid dienone is 4. The van der Waals surface area contributed by atoms with Crippen LogP contribution in [0.25, 0.3) is 10.8 Å². The Morgan fingerprint density at radius 1 is 0.793 bits per heavy atom. The highest BCUT2D eigenvalue weighted by Crippen LogP contribution is 2.50. The van der Waals surface area contributed by atoms with E-state index < -0.39 is 95.3 Å². The number of carbonyl (C=O) groups is 1. The van der Waals surface area contributed by atoms with Crippen LogP contribution in [-0.2, 0) is 61.4 Å². The summed E-state index contributed by atoms with van der Waals surface area (Å²) < 4.78 is 174. The topological polar surface area (TPSA) is 318 Å². The maximum absolute atomic E-state index is 12.7. The van der Waals surface area contributed by atoms with Gasteiger partial charge in [-0.15, -0.1) is 0 Å². The van der Waals surface area contributed by atoms with Crippen LogP contribution >= 0.6 is 0 Å². The van der Waals surface area contributed by atoms with E-state index in [2.05, 4.69) is 0 Å². The number of anilines is 1. The monoisotopic (exact) mass is 906 g/mol. The van der Waals surface area contributed by atoms with E-state index in [0.29, 0.717) is 5.39 Å². The van der Waals surface area contributed by atoms with Crippen molar-refractivity contribution in [2.24, 2.45) is 0 Å². The van der Waals surface area contributed by atoms with E-state index in [0.717, 1.165) is 12.1 Å². The van der Waals surface area contributed by atoms with Crippen molar-refractivity contribution in [3.63, 3.8) is 0 Å². The molecule has 3 aromatic carbocycles. The van der Waals surface area contributed by atoms with Crippen molar-refractivity contribution in [3.05, 3.63) is 89.1 Å². The minimum absolute atomic E-state index is 0.0445. The molecule has 0 radical (unpaired) electrons. The van der Waals surface area contributed by atoms with Crippen molar-refractivity contribution >= 4 is 84.4 Å². The third kappa shape index (κ3) is 9.84. The van der Waals surface area contributed by atoms with Gasteiger partial charge in [0.2, 0.25) is 5.69 Å². The largest absolute Gasteiger partial charge is 0.748 e. The molecule has 3 aromatic rings. The van der Waals surface area contributed by atoms with Crippen LogP contribution in [-0.4, -0.2) is 122 Å². The maximum Gasteiger partial charge on any atom is 0.335 e. The molecule has 0 saturated carbocycles. The fourth-order valence-corrected chi connectivity index (χ4v) is 11.4. The fraction of sp³-hybridized carbons (Fsp3) is 0.353. The van der Waals surface area contributed by atoms with Crippen LogP contribution in [0, 0.1) is 0 Å². The molecule has 0 aliphatic carbocycles. The lowest BCUT2D eigenvalue weighted by atomic mass is 9.78. The SMILES string of the molecule is CC1(CS(=O)(=O)O)C(/C=C/C=C2/N(CCCS(=O)(=O)O)c3cc(C(=O)O)ccc3C2(C)CS(=O)(=O)O)=[N+](CCCS(=O)(=O)[O-])c2ccc3ccc(S(=O)(=O)O)cc3c21. The van der Waals surface area contributed by atoms with Gasteiger partial charge < -0.3 is 14.6 Å². The van der Waals surface area contributed by atoms with Crippen molar-refractivity contribution in [2.45, 2.75) is 42.4 Å². The first kappa shape index (κ1) is 45.0. The third-order valence-electron chi connectivity index (χ3n) is 9.96. The lowest BCUT2D eigenvalue weighted by molar-refractivity contribution is -0.437. The smallest absolute Gasteiger partial charge is 0.335 e. The quantitative estimate of drug-likeness (QED) is 0.102. The molecule has 24 heteroatoms. The standard InChI is InChI=1S/C34H38N2O17S5/c1-33(20-56(45,46)47)26-12-9-23(32(37)38)18-28(26)36(15-5-17-55(42,43)44)29(33)6-3-7-30-34(2,21-57(48,49)50)31-25-19-24(58(51,52)53)11-8-22(25)10-13-27(31)35(30)14-4-16-54(39,40)41/h3,6-13,18-19H,4-5,14-17,20-21H2,1-2H3,(H5-,37,38,39,40,41,42,43,44,45,46,47,48,49,50,51,52,53). The van der Waals surface area contributed by atoms with Crippen LogP contribution in [0.2, 0.25) is 0 Å². The zero-order valence-corrected chi connectivity index (χ0v) is 34.7. The average molecular weight is 907 g/mol. The Bertz CT molecular complexity index is 2890. The molecule has 2 unspecified atom stereocenters. The van der Waals surface area contributed by atoms with Crippen molar-refractivity contribution in [3.8, 4) is 0 Å². The summed E-state index contributed by atoms with van der Waals surface area (Å²) in [6.45, 7) is 2.31. The van der Waals surface area contributed by atoms with Gasteiger partial charge in [0, 0.05) is 47.8 Å². The molecule has 0 fully saturated rings. The van der Waals surface area contributed by atoms with Crippen molar-refractivity contribution in [1.82, 2.24) is 0 Å². The summed E-state index contributed by atoms with van der Waals surface area (Å²) in [5, 5.41) is 10.2. The highest BCUT2D eigenvalue weighted by atomic mass is 32.2. The second-order valence-electron chi connectivity index (χ2n) is 14.3. The van der Waals surface area contributed by atoms with Gasteiger partial charge in [-0.3, -0.25) is 18.2 Å². The Labute approximate surface area is 334 Å². The maximum atomic E-state index is 12.7. The molecule has 0 bridgehead atoms. The summed E-state index contributed by atoms with van der Waals surface area (Å²) in [5.41, 5.74) is -2.91. The molecule has 19 nitrogen and oxygen atoms in total. The first-order valence-corrected chi connectivity index (χ1v) is 24.8. The summed E-state index contributed by atoms with van der Waals surface area (Å²) >= 11 is 0. The van der Waals surface area contributed by atoms with Crippen molar-refractivity contribution < 1.29 is 79.3 Å².